The minimum atomic E-state index is 0.633. The third kappa shape index (κ3) is 4.77. The molecule has 43 heavy (non-hydrogen) atoms. The number of hydrogen-bond donors (Lipinski definition) is 0. The van der Waals surface area contributed by atoms with Gasteiger partial charge in [0.25, 0.3) is 0 Å². The molecule has 0 atom stereocenters. The van der Waals surface area contributed by atoms with Gasteiger partial charge in [0.1, 0.15) is 0 Å². The zero-order valence-electron chi connectivity index (χ0n) is 24.7. The van der Waals surface area contributed by atoms with E-state index in [0.717, 1.165) is 44.8 Å². The van der Waals surface area contributed by atoms with Gasteiger partial charge >= 0.3 is 0 Å². The van der Waals surface area contributed by atoms with Crippen molar-refractivity contribution >= 4 is 33.2 Å². The third-order valence-corrected chi connectivity index (χ3v) is 7.85. The van der Waals surface area contributed by atoms with Gasteiger partial charge in [0.2, 0.25) is 0 Å². The quantitative estimate of drug-likeness (QED) is 0.206. The summed E-state index contributed by atoms with van der Waals surface area (Å²) in [5.41, 5.74) is 8.43. The van der Waals surface area contributed by atoms with Crippen LogP contribution in [0.15, 0.2) is 121 Å². The highest BCUT2D eigenvalue weighted by molar-refractivity contribution is 6.11. The van der Waals surface area contributed by atoms with Crippen molar-refractivity contribution in [1.82, 2.24) is 19.5 Å². The van der Waals surface area contributed by atoms with Crippen molar-refractivity contribution < 1.29 is 0 Å². The normalized spacial score (nSPS) is 11.3. The Morgan fingerprint density at radius 2 is 0.907 bits per heavy atom. The number of benzene rings is 5. The molecule has 0 saturated heterocycles. The van der Waals surface area contributed by atoms with Crippen LogP contribution < -0.4 is 9.80 Å². The molecule has 210 valence electrons. The molecular formula is C37H32N6. The summed E-state index contributed by atoms with van der Waals surface area (Å²) in [6.07, 6.45) is 0. The van der Waals surface area contributed by atoms with Crippen molar-refractivity contribution in [1.29, 1.82) is 0 Å². The van der Waals surface area contributed by atoms with Gasteiger partial charge in [0.05, 0.1) is 16.7 Å². The molecule has 0 amide bonds. The molecule has 2 heterocycles. The van der Waals surface area contributed by atoms with E-state index in [1.807, 2.05) is 60.7 Å². The Morgan fingerprint density at radius 3 is 1.40 bits per heavy atom. The largest absolute Gasteiger partial charge is 0.378 e. The Labute approximate surface area is 251 Å². The van der Waals surface area contributed by atoms with Crippen LogP contribution in [-0.4, -0.2) is 47.7 Å². The van der Waals surface area contributed by atoms with E-state index in [2.05, 4.69) is 103 Å². The van der Waals surface area contributed by atoms with Gasteiger partial charge in [0, 0.05) is 67.0 Å². The first-order chi connectivity index (χ1) is 21.0. The lowest BCUT2D eigenvalue weighted by Crippen LogP contribution is -2.08. The Hall–Kier alpha value is -5.49. The van der Waals surface area contributed by atoms with Gasteiger partial charge in [-0.1, -0.05) is 72.8 Å². The molecule has 0 saturated carbocycles. The van der Waals surface area contributed by atoms with E-state index in [9.17, 15) is 0 Å². The minimum absolute atomic E-state index is 0.633. The van der Waals surface area contributed by atoms with Gasteiger partial charge in [-0.3, -0.25) is 0 Å². The maximum atomic E-state index is 5.06. The van der Waals surface area contributed by atoms with Crippen LogP contribution in [0.2, 0.25) is 0 Å². The number of aromatic nitrogens is 4. The molecular weight excluding hydrogens is 528 g/mol. The zero-order chi connectivity index (χ0) is 29.5. The fourth-order valence-corrected chi connectivity index (χ4v) is 5.60. The monoisotopic (exact) mass is 560 g/mol. The average Bonchev–Trinajstić information content (AvgIpc) is 3.38. The van der Waals surface area contributed by atoms with Crippen LogP contribution in [0.1, 0.15) is 0 Å². The molecule has 7 aromatic rings. The first kappa shape index (κ1) is 26.4. The topological polar surface area (TPSA) is 50.1 Å². The van der Waals surface area contributed by atoms with Gasteiger partial charge in [-0.2, -0.15) is 0 Å². The summed E-state index contributed by atoms with van der Waals surface area (Å²) in [5.74, 6) is 1.92. The number of nitrogens with zero attached hydrogens (tertiary/aromatic N) is 6. The maximum absolute atomic E-state index is 5.06. The van der Waals surface area contributed by atoms with Crippen LogP contribution in [0.4, 0.5) is 11.4 Å². The van der Waals surface area contributed by atoms with Crippen LogP contribution in [-0.2, 0) is 0 Å². The second-order valence-corrected chi connectivity index (χ2v) is 11.1. The molecule has 0 radical (unpaired) electrons. The van der Waals surface area contributed by atoms with Crippen molar-refractivity contribution in [2.24, 2.45) is 0 Å². The second-order valence-electron chi connectivity index (χ2n) is 11.1. The lowest BCUT2D eigenvalue weighted by Gasteiger charge is -2.16. The Kier molecular flexibility index (Phi) is 6.59. The Bertz CT molecular complexity index is 1960. The Balaban J connectivity index is 1.51. The molecule has 7 rings (SSSR count). The van der Waals surface area contributed by atoms with Crippen LogP contribution in [0.25, 0.3) is 61.7 Å². The molecule has 6 heteroatoms. The van der Waals surface area contributed by atoms with Crippen molar-refractivity contribution in [3.8, 4) is 39.9 Å². The summed E-state index contributed by atoms with van der Waals surface area (Å²) in [5, 5.41) is 2.40. The molecule has 0 aliphatic heterocycles. The molecule has 2 aromatic heterocycles. The van der Waals surface area contributed by atoms with Crippen LogP contribution in [0, 0.1) is 0 Å². The van der Waals surface area contributed by atoms with E-state index in [1.54, 1.807) is 0 Å². The molecule has 0 bridgehead atoms. The number of para-hydroxylation sites is 1. The zero-order valence-corrected chi connectivity index (χ0v) is 24.7. The van der Waals surface area contributed by atoms with E-state index in [0.29, 0.717) is 17.5 Å². The lowest BCUT2D eigenvalue weighted by molar-refractivity contribution is 1.06. The SMILES string of the molecule is CN(C)c1ccc2c(c1)c1cc(N(C)C)ccc1n2-c1ccccc1-c1nc(-c2ccccc2)nc(-c2ccccc2)n1. The van der Waals surface area contributed by atoms with Crippen LogP contribution in [0.3, 0.4) is 0 Å². The van der Waals surface area contributed by atoms with E-state index in [4.69, 9.17) is 15.0 Å². The van der Waals surface area contributed by atoms with E-state index >= 15 is 0 Å². The van der Waals surface area contributed by atoms with Gasteiger partial charge < -0.3 is 14.4 Å². The first-order valence-electron chi connectivity index (χ1n) is 14.4. The van der Waals surface area contributed by atoms with Crippen LogP contribution >= 0.6 is 0 Å². The second kappa shape index (κ2) is 10.7. The predicted molar refractivity (Wildman–Crippen MR) is 179 cm³/mol. The summed E-state index contributed by atoms with van der Waals surface area (Å²) in [6.45, 7) is 0. The molecule has 0 aliphatic carbocycles. The fourth-order valence-electron chi connectivity index (χ4n) is 5.60. The Morgan fingerprint density at radius 1 is 0.465 bits per heavy atom. The predicted octanol–water partition coefficient (Wildman–Crippen LogP) is 8.10. The summed E-state index contributed by atoms with van der Waals surface area (Å²) in [6, 6.07) is 41.9. The highest BCUT2D eigenvalue weighted by Gasteiger charge is 2.20. The minimum Gasteiger partial charge on any atom is -0.378 e. The molecule has 0 aliphatic rings. The smallest absolute Gasteiger partial charge is 0.166 e. The van der Waals surface area contributed by atoms with Crippen LogP contribution in [0.5, 0.6) is 0 Å². The van der Waals surface area contributed by atoms with Crippen molar-refractivity contribution in [2.45, 2.75) is 0 Å². The first-order valence-corrected chi connectivity index (χ1v) is 14.4. The van der Waals surface area contributed by atoms with Gasteiger partial charge in [-0.25, -0.2) is 15.0 Å². The highest BCUT2D eigenvalue weighted by atomic mass is 15.1. The molecule has 0 fully saturated rings. The number of rotatable bonds is 6. The van der Waals surface area contributed by atoms with Gasteiger partial charge in [-0.15, -0.1) is 0 Å². The van der Waals surface area contributed by atoms with Gasteiger partial charge in [-0.05, 0) is 48.5 Å². The third-order valence-electron chi connectivity index (χ3n) is 7.85. The van der Waals surface area contributed by atoms with Gasteiger partial charge in [0.15, 0.2) is 17.5 Å². The van der Waals surface area contributed by atoms with E-state index in [-0.39, 0.29) is 0 Å². The standard InChI is InChI=1S/C37H32N6/c1-41(2)27-19-21-33-30(23-27)31-24-28(42(3)4)20-22-34(31)43(33)32-18-12-11-17-29(32)37-39-35(25-13-7-5-8-14-25)38-36(40-37)26-15-9-6-10-16-26/h5-24H,1-4H3. The number of hydrogen-bond acceptors (Lipinski definition) is 5. The molecule has 5 aromatic carbocycles. The summed E-state index contributed by atoms with van der Waals surface area (Å²) in [7, 11) is 8.32. The fraction of sp³-hybridized carbons (Fsp3) is 0.108. The number of fused-ring (bicyclic) bond motifs is 3. The van der Waals surface area contributed by atoms with Crippen molar-refractivity contribution in [3.63, 3.8) is 0 Å². The van der Waals surface area contributed by atoms with Crippen molar-refractivity contribution in [3.05, 3.63) is 121 Å². The number of anilines is 2. The summed E-state index contributed by atoms with van der Waals surface area (Å²) < 4.78 is 2.34. The van der Waals surface area contributed by atoms with E-state index in [1.165, 1.54) is 10.8 Å². The molecule has 0 spiro atoms. The lowest BCUT2D eigenvalue weighted by atomic mass is 10.1. The summed E-state index contributed by atoms with van der Waals surface area (Å²) in [4.78, 5) is 19.3. The highest BCUT2D eigenvalue weighted by Crippen LogP contribution is 2.38. The molecule has 0 unspecified atom stereocenters. The summed E-state index contributed by atoms with van der Waals surface area (Å²) >= 11 is 0. The maximum Gasteiger partial charge on any atom is 0.166 e. The average molecular weight is 561 g/mol. The molecule has 6 nitrogen and oxygen atoms in total. The van der Waals surface area contributed by atoms with Crippen molar-refractivity contribution in [2.75, 3.05) is 38.0 Å². The molecule has 0 N–H and O–H groups in total. The van der Waals surface area contributed by atoms with E-state index < -0.39 is 0 Å².